The molecule has 0 aliphatic carbocycles. The van der Waals surface area contributed by atoms with Crippen molar-refractivity contribution in [1.82, 2.24) is 54.8 Å². The average molecular weight is 1780 g/mol. The number of benzene rings is 16. The van der Waals surface area contributed by atoms with Crippen molar-refractivity contribution in [3.05, 3.63) is 490 Å². The molecule has 0 saturated heterocycles. The van der Waals surface area contributed by atoms with Crippen molar-refractivity contribution < 1.29 is 0 Å². The van der Waals surface area contributed by atoms with Crippen molar-refractivity contribution in [2.45, 2.75) is 20.8 Å². The van der Waals surface area contributed by atoms with E-state index < -0.39 is 0 Å². The molecule has 0 fully saturated rings. The molecule has 16 aromatic carbocycles. The number of pyridine rings is 7. The summed E-state index contributed by atoms with van der Waals surface area (Å²) in [7, 11) is 0. The summed E-state index contributed by atoms with van der Waals surface area (Å²) in [6.07, 6.45) is 0. The van der Waals surface area contributed by atoms with Crippen LogP contribution in [0.3, 0.4) is 0 Å². The molecular formula is C128H87N11. The topological polar surface area (TPSA) is 142 Å². The number of nitrogens with zero attached hydrogens (tertiary/aromatic N) is 11. The molecule has 0 amide bonds. The lowest BCUT2D eigenvalue weighted by atomic mass is 9.95. The maximum Gasteiger partial charge on any atom is 0.160 e. The Hall–Kier alpha value is -18.5. The van der Waals surface area contributed by atoms with Crippen LogP contribution in [0, 0.1) is 20.8 Å². The minimum Gasteiger partial charge on any atom is -0.251 e. The molecule has 654 valence electrons. The van der Waals surface area contributed by atoms with Gasteiger partial charge in [0.1, 0.15) is 0 Å². The maximum absolute atomic E-state index is 5.28. The molecule has 25 rings (SSSR count). The highest BCUT2D eigenvalue weighted by Crippen LogP contribution is 2.43. The van der Waals surface area contributed by atoms with Crippen molar-refractivity contribution in [1.29, 1.82) is 0 Å². The van der Waals surface area contributed by atoms with Gasteiger partial charge in [-0.1, -0.05) is 406 Å². The Bertz CT molecular complexity index is 8390. The van der Waals surface area contributed by atoms with Crippen LogP contribution in [0.1, 0.15) is 17.1 Å². The molecule has 11 heteroatoms. The van der Waals surface area contributed by atoms with Gasteiger partial charge >= 0.3 is 0 Å². The van der Waals surface area contributed by atoms with Gasteiger partial charge in [0.25, 0.3) is 0 Å². The quantitative estimate of drug-likeness (QED) is 0.0906. The van der Waals surface area contributed by atoms with E-state index in [-0.39, 0.29) is 0 Å². The van der Waals surface area contributed by atoms with Crippen molar-refractivity contribution in [3.63, 3.8) is 0 Å². The standard InChI is InChI=1S/C45H30N4.C42H29N3.C41H28N4/c1-29-16-17-34-24-25-38-39(37-23-18-30-10-8-9-15-36(30)26-37)27-40(47-44(38)43(34)46-29)33-19-21-35(22-20-33)45-48-41(31-11-4-2-5-12-31)28-42(49-45)32-13-6-3-7-14-32;1-28-17-18-34-23-24-36-37(30-13-7-3-8-14-30)27-40(45-42(36)41(34)43-28)33-21-19-32(20-22-33)39-26-35(29-11-5-2-6-12-29)25-38(44-39)31-15-9-4-10-16-31;1-27-17-18-32-23-24-34-35(28-11-5-2-6-12-28)25-36(43-40(34)39(32)42-27)30-19-21-31(22-20-30)38-26-37(29-13-7-3-8-14-29)44-41(45-38)33-15-9-4-10-16-33/h2-28H,1H3;2-27H,1H3;2-26H,1H3. The predicted molar refractivity (Wildman–Crippen MR) is 573 cm³/mol. The van der Waals surface area contributed by atoms with Crippen LogP contribution in [0.25, 0.3) is 245 Å². The van der Waals surface area contributed by atoms with Gasteiger partial charge in [-0.15, -0.1) is 0 Å². The summed E-state index contributed by atoms with van der Waals surface area (Å²) >= 11 is 0. The Morgan fingerprint density at radius 3 is 0.683 bits per heavy atom. The molecule has 0 radical (unpaired) electrons. The summed E-state index contributed by atoms with van der Waals surface area (Å²) < 4.78 is 0. The average Bonchev–Trinajstić information content (AvgIpc) is 0.757. The number of fused-ring (bicyclic) bond motifs is 10. The first-order valence-electron chi connectivity index (χ1n) is 46.7. The lowest BCUT2D eigenvalue weighted by Crippen LogP contribution is -1.96. The van der Waals surface area contributed by atoms with E-state index >= 15 is 0 Å². The van der Waals surface area contributed by atoms with Gasteiger partial charge in [-0.25, -0.2) is 39.9 Å². The van der Waals surface area contributed by atoms with Gasteiger partial charge in [0.15, 0.2) is 11.6 Å². The van der Waals surface area contributed by atoms with Crippen LogP contribution >= 0.6 is 0 Å². The second-order valence-electron chi connectivity index (χ2n) is 34.9. The zero-order valence-corrected chi connectivity index (χ0v) is 76.5. The molecule has 0 atom stereocenters. The van der Waals surface area contributed by atoms with Gasteiger partial charge in [-0.3, -0.25) is 15.0 Å². The van der Waals surface area contributed by atoms with Gasteiger partial charge in [0, 0.05) is 111 Å². The summed E-state index contributed by atoms with van der Waals surface area (Å²) in [5.74, 6) is 1.38. The van der Waals surface area contributed by atoms with Crippen LogP contribution < -0.4 is 0 Å². The van der Waals surface area contributed by atoms with E-state index in [1.165, 1.54) is 16.3 Å². The first-order chi connectivity index (χ1) is 68.5. The fraction of sp³-hybridized carbons (Fsp3) is 0.0234. The molecule has 9 heterocycles. The molecule has 25 aromatic rings. The van der Waals surface area contributed by atoms with Crippen LogP contribution in [0.2, 0.25) is 0 Å². The van der Waals surface area contributed by atoms with Gasteiger partial charge in [-0.05, 0) is 143 Å². The summed E-state index contributed by atoms with van der Waals surface area (Å²) in [5.41, 5.74) is 37.1. The Balaban J connectivity index is 0.000000117. The molecule has 9 aromatic heterocycles. The molecule has 0 bridgehead atoms. The van der Waals surface area contributed by atoms with Gasteiger partial charge in [0.2, 0.25) is 0 Å². The SMILES string of the molecule is Cc1ccc2ccc3c(-c4ccc5ccccc5c4)cc(-c4ccc(-c5nc(-c6ccccc6)cc(-c6ccccc6)n5)cc4)nc3c2n1.Cc1ccc2ccc3c(-c4ccccc4)cc(-c4ccc(-c5cc(-c6ccccc6)cc(-c6ccccc6)n5)cc4)nc3c2n1.Cc1ccc2ccc3c(-c4ccccc4)cc(-c4ccc(-c5cc(-c6ccccc6)nc(-c6ccccc6)n5)cc4)nc3c2n1. The van der Waals surface area contributed by atoms with Gasteiger partial charge in [0.05, 0.1) is 84.3 Å². The number of rotatable bonds is 15. The third kappa shape index (κ3) is 17.7. The van der Waals surface area contributed by atoms with Gasteiger partial charge in [-0.2, -0.15) is 0 Å². The van der Waals surface area contributed by atoms with Crippen molar-refractivity contribution in [3.8, 4) is 169 Å². The van der Waals surface area contributed by atoms with E-state index in [2.05, 4.69) is 370 Å². The summed E-state index contributed by atoms with van der Waals surface area (Å²) in [5, 5.41) is 8.95. The summed E-state index contributed by atoms with van der Waals surface area (Å²) in [6.45, 7) is 6.09. The van der Waals surface area contributed by atoms with E-state index in [1.54, 1.807) is 0 Å². The zero-order chi connectivity index (χ0) is 93.1. The Labute approximate surface area is 805 Å². The normalized spacial score (nSPS) is 11.3. The zero-order valence-electron chi connectivity index (χ0n) is 76.5. The highest BCUT2D eigenvalue weighted by atomic mass is 14.9. The molecule has 11 nitrogen and oxygen atoms in total. The fourth-order valence-corrected chi connectivity index (χ4v) is 18.5. The predicted octanol–water partition coefficient (Wildman–Crippen LogP) is 32.4. The molecule has 0 aliphatic rings. The van der Waals surface area contributed by atoms with Crippen molar-refractivity contribution in [2.24, 2.45) is 0 Å². The molecule has 0 aliphatic heterocycles. The lowest BCUT2D eigenvalue weighted by Gasteiger charge is -2.13. The molecule has 0 N–H and O–H groups in total. The second kappa shape index (κ2) is 37.5. The molecule has 0 spiro atoms. The fourth-order valence-electron chi connectivity index (χ4n) is 18.5. The van der Waals surface area contributed by atoms with E-state index in [1.807, 2.05) is 124 Å². The summed E-state index contributed by atoms with van der Waals surface area (Å²) in [4.78, 5) is 55.7. The number of hydrogen-bond acceptors (Lipinski definition) is 11. The summed E-state index contributed by atoms with van der Waals surface area (Å²) in [6, 6.07) is 164. The Morgan fingerprint density at radius 2 is 0.353 bits per heavy atom. The monoisotopic (exact) mass is 1780 g/mol. The largest absolute Gasteiger partial charge is 0.251 e. The van der Waals surface area contributed by atoms with Crippen molar-refractivity contribution >= 4 is 76.2 Å². The van der Waals surface area contributed by atoms with Crippen LogP contribution in [-0.2, 0) is 0 Å². The van der Waals surface area contributed by atoms with E-state index in [0.717, 1.165) is 234 Å². The highest BCUT2D eigenvalue weighted by molar-refractivity contribution is 6.13. The van der Waals surface area contributed by atoms with Crippen LogP contribution in [0.15, 0.2) is 473 Å². The number of aryl methyl sites for hydroxylation is 3. The van der Waals surface area contributed by atoms with Crippen LogP contribution in [0.4, 0.5) is 0 Å². The van der Waals surface area contributed by atoms with Crippen LogP contribution in [0.5, 0.6) is 0 Å². The minimum absolute atomic E-state index is 0.681. The number of aromatic nitrogens is 11. The minimum atomic E-state index is 0.681. The first kappa shape index (κ1) is 84.8. The Morgan fingerprint density at radius 1 is 0.122 bits per heavy atom. The molecule has 0 unspecified atom stereocenters. The van der Waals surface area contributed by atoms with Gasteiger partial charge < -0.3 is 0 Å². The lowest BCUT2D eigenvalue weighted by molar-refractivity contribution is 1.18. The molecular weight excluding hydrogens is 1690 g/mol. The highest BCUT2D eigenvalue weighted by Gasteiger charge is 2.22. The molecule has 139 heavy (non-hydrogen) atoms. The molecule has 0 saturated carbocycles. The maximum atomic E-state index is 5.28. The third-order valence-corrected chi connectivity index (χ3v) is 25.7. The first-order valence-corrected chi connectivity index (χ1v) is 46.7. The van der Waals surface area contributed by atoms with Crippen molar-refractivity contribution in [2.75, 3.05) is 0 Å². The second-order valence-corrected chi connectivity index (χ2v) is 34.9. The van der Waals surface area contributed by atoms with E-state index in [9.17, 15) is 0 Å². The third-order valence-electron chi connectivity index (χ3n) is 25.7. The van der Waals surface area contributed by atoms with E-state index in [0.29, 0.717) is 11.6 Å². The number of hydrogen-bond donors (Lipinski definition) is 0. The van der Waals surface area contributed by atoms with Crippen LogP contribution in [-0.4, -0.2) is 54.8 Å². The smallest absolute Gasteiger partial charge is 0.160 e. The van der Waals surface area contributed by atoms with E-state index in [4.69, 9.17) is 54.8 Å². The Kier molecular flexibility index (Phi) is 22.9.